The third kappa shape index (κ3) is 3.40. The van der Waals surface area contributed by atoms with E-state index in [0.29, 0.717) is 5.56 Å². The molecule has 1 aliphatic heterocycles. The maximum absolute atomic E-state index is 11.4. The molecule has 1 saturated heterocycles. The molecule has 0 radical (unpaired) electrons. The average Bonchev–Trinajstić information content (AvgIpc) is 2.57. The van der Waals surface area contributed by atoms with Crippen LogP contribution < -0.4 is 5.32 Å². The lowest BCUT2D eigenvalue weighted by atomic mass is 9.65. The fraction of sp³-hybridized carbons (Fsp3) is 0.579. The van der Waals surface area contributed by atoms with Crippen LogP contribution in [0.15, 0.2) is 29.3 Å². The van der Waals surface area contributed by atoms with Gasteiger partial charge in [-0.3, -0.25) is 4.99 Å². The Kier molecular flexibility index (Phi) is 5.21. The second-order valence-corrected chi connectivity index (χ2v) is 7.44. The number of guanidine groups is 1. The number of likely N-dealkylation sites (tertiary alicyclic amines) is 1. The first-order chi connectivity index (χ1) is 11.2. The van der Waals surface area contributed by atoms with Crippen LogP contribution in [0.5, 0.6) is 0 Å². The van der Waals surface area contributed by atoms with Gasteiger partial charge in [-0.1, -0.05) is 26.0 Å². The summed E-state index contributed by atoms with van der Waals surface area (Å²) in [5.41, 5.74) is 2.13. The topological polar surface area (TPSA) is 53.9 Å². The zero-order valence-electron chi connectivity index (χ0n) is 15.6. The maximum Gasteiger partial charge on any atom is 0.337 e. The first-order valence-corrected chi connectivity index (χ1v) is 8.38. The normalized spacial score (nSPS) is 18.8. The molecule has 0 aromatic heterocycles. The van der Waals surface area contributed by atoms with Gasteiger partial charge in [0.15, 0.2) is 5.96 Å². The molecule has 1 fully saturated rings. The van der Waals surface area contributed by atoms with E-state index in [2.05, 4.69) is 42.9 Å². The molecule has 5 nitrogen and oxygen atoms in total. The molecule has 132 valence electrons. The summed E-state index contributed by atoms with van der Waals surface area (Å²) in [6.45, 7) is 10.9. The Labute approximate surface area is 145 Å². The quantitative estimate of drug-likeness (QED) is 0.524. The van der Waals surface area contributed by atoms with Crippen LogP contribution in [-0.2, 0) is 11.2 Å². The van der Waals surface area contributed by atoms with E-state index in [0.717, 1.165) is 25.5 Å². The molecule has 1 aliphatic rings. The van der Waals surface area contributed by atoms with Crippen LogP contribution >= 0.6 is 0 Å². The van der Waals surface area contributed by atoms with Gasteiger partial charge in [-0.15, -0.1) is 0 Å². The van der Waals surface area contributed by atoms with Crippen LogP contribution in [-0.4, -0.2) is 49.6 Å². The van der Waals surface area contributed by atoms with Gasteiger partial charge in [-0.25, -0.2) is 4.79 Å². The average molecular weight is 331 g/mol. The van der Waals surface area contributed by atoms with Crippen LogP contribution in [0.2, 0.25) is 0 Å². The Morgan fingerprint density at radius 2 is 1.88 bits per heavy atom. The highest BCUT2D eigenvalue weighted by Crippen LogP contribution is 2.46. The van der Waals surface area contributed by atoms with Crippen molar-refractivity contribution in [1.82, 2.24) is 10.2 Å². The number of carbonyl (C=O) groups excluding carboxylic acids is 1. The standard InChI is InChI=1S/C19H29N3O2/c1-18(2)13-22(19(18,3)4)17(20-5)21-12-11-14-7-9-15(10-8-14)16(23)24-6/h7-10H,11-13H2,1-6H3,(H,20,21). The summed E-state index contributed by atoms with van der Waals surface area (Å²) in [7, 11) is 3.22. The monoisotopic (exact) mass is 331 g/mol. The number of benzene rings is 1. The minimum Gasteiger partial charge on any atom is -0.465 e. The van der Waals surface area contributed by atoms with Crippen LogP contribution in [0, 0.1) is 5.41 Å². The summed E-state index contributed by atoms with van der Waals surface area (Å²) >= 11 is 0. The highest BCUT2D eigenvalue weighted by atomic mass is 16.5. The fourth-order valence-electron chi connectivity index (χ4n) is 2.94. The number of nitrogens with zero attached hydrogens (tertiary/aromatic N) is 2. The molecular weight excluding hydrogens is 302 g/mol. The molecule has 0 amide bonds. The van der Waals surface area contributed by atoms with Crippen molar-refractivity contribution in [2.75, 3.05) is 27.2 Å². The molecule has 0 spiro atoms. The van der Waals surface area contributed by atoms with Crippen molar-refractivity contribution in [2.24, 2.45) is 10.4 Å². The summed E-state index contributed by atoms with van der Waals surface area (Å²) in [6.07, 6.45) is 0.873. The van der Waals surface area contributed by atoms with Gasteiger partial charge in [0.05, 0.1) is 12.7 Å². The van der Waals surface area contributed by atoms with Gasteiger partial charge < -0.3 is 15.0 Å². The third-order valence-corrected chi connectivity index (χ3v) is 5.42. The van der Waals surface area contributed by atoms with Gasteiger partial charge in [0.25, 0.3) is 0 Å². The first kappa shape index (κ1) is 18.3. The third-order valence-electron chi connectivity index (χ3n) is 5.42. The largest absolute Gasteiger partial charge is 0.465 e. The molecule has 1 aromatic carbocycles. The second kappa shape index (κ2) is 6.83. The van der Waals surface area contributed by atoms with Crippen molar-refractivity contribution < 1.29 is 9.53 Å². The zero-order chi connectivity index (χ0) is 18.0. The van der Waals surface area contributed by atoms with E-state index in [4.69, 9.17) is 4.74 Å². The zero-order valence-corrected chi connectivity index (χ0v) is 15.6. The van der Waals surface area contributed by atoms with E-state index in [1.165, 1.54) is 12.7 Å². The van der Waals surface area contributed by atoms with Gasteiger partial charge in [0, 0.05) is 31.1 Å². The van der Waals surface area contributed by atoms with Crippen molar-refractivity contribution in [3.8, 4) is 0 Å². The number of aliphatic imine (C=N–C) groups is 1. The number of rotatable bonds is 4. The minimum absolute atomic E-state index is 0.0943. The summed E-state index contributed by atoms with van der Waals surface area (Å²) < 4.78 is 4.71. The molecule has 0 unspecified atom stereocenters. The van der Waals surface area contributed by atoms with Crippen molar-refractivity contribution in [1.29, 1.82) is 0 Å². The predicted octanol–water partition coefficient (Wildman–Crippen LogP) is 2.71. The van der Waals surface area contributed by atoms with Crippen LogP contribution in [0.25, 0.3) is 0 Å². The van der Waals surface area contributed by atoms with E-state index in [1.807, 2.05) is 19.2 Å². The molecule has 1 aromatic rings. The van der Waals surface area contributed by atoms with Crippen molar-refractivity contribution in [2.45, 2.75) is 39.7 Å². The van der Waals surface area contributed by atoms with Crippen LogP contribution in [0.3, 0.4) is 0 Å². The number of hydrogen-bond donors (Lipinski definition) is 1. The second-order valence-electron chi connectivity index (χ2n) is 7.44. The Bertz CT molecular complexity index is 618. The van der Waals surface area contributed by atoms with Crippen molar-refractivity contribution >= 4 is 11.9 Å². The molecule has 5 heteroatoms. The summed E-state index contributed by atoms with van der Waals surface area (Å²) in [5, 5.41) is 3.45. The SMILES string of the molecule is CN=C(NCCc1ccc(C(=O)OC)cc1)N1CC(C)(C)C1(C)C. The Morgan fingerprint density at radius 1 is 1.25 bits per heavy atom. The van der Waals surface area contributed by atoms with Crippen molar-refractivity contribution in [3.63, 3.8) is 0 Å². The lowest BCUT2D eigenvalue weighted by molar-refractivity contribution is -0.0666. The minimum atomic E-state index is -0.303. The van der Waals surface area contributed by atoms with E-state index in [9.17, 15) is 4.79 Å². The molecule has 2 rings (SSSR count). The number of carbonyl (C=O) groups is 1. The maximum atomic E-state index is 11.4. The molecule has 0 aliphatic carbocycles. The van der Waals surface area contributed by atoms with Gasteiger partial charge in [-0.2, -0.15) is 0 Å². The van der Waals surface area contributed by atoms with E-state index >= 15 is 0 Å². The highest BCUT2D eigenvalue weighted by Gasteiger charge is 2.53. The molecule has 0 saturated carbocycles. The number of nitrogens with one attached hydrogen (secondary N) is 1. The van der Waals surface area contributed by atoms with Crippen LogP contribution in [0.4, 0.5) is 0 Å². The molecule has 24 heavy (non-hydrogen) atoms. The highest BCUT2D eigenvalue weighted by molar-refractivity contribution is 5.89. The van der Waals surface area contributed by atoms with Crippen molar-refractivity contribution in [3.05, 3.63) is 35.4 Å². The number of esters is 1. The molecular formula is C19H29N3O2. The smallest absolute Gasteiger partial charge is 0.337 e. The summed E-state index contributed by atoms with van der Waals surface area (Å²) in [6, 6.07) is 7.54. The fourth-order valence-corrected chi connectivity index (χ4v) is 2.94. The van der Waals surface area contributed by atoms with Crippen LogP contribution in [0.1, 0.15) is 43.6 Å². The molecule has 0 bridgehead atoms. The predicted molar refractivity (Wildman–Crippen MR) is 97.4 cm³/mol. The van der Waals surface area contributed by atoms with E-state index < -0.39 is 0 Å². The lowest BCUT2D eigenvalue weighted by Gasteiger charge is -2.62. The number of ether oxygens (including phenoxy) is 1. The van der Waals surface area contributed by atoms with Gasteiger partial charge >= 0.3 is 5.97 Å². The first-order valence-electron chi connectivity index (χ1n) is 8.38. The molecule has 0 atom stereocenters. The Hall–Kier alpha value is -2.04. The molecule has 1 N–H and O–H groups in total. The van der Waals surface area contributed by atoms with Gasteiger partial charge in [0.1, 0.15) is 0 Å². The van der Waals surface area contributed by atoms with E-state index in [1.54, 1.807) is 12.1 Å². The number of hydrogen-bond acceptors (Lipinski definition) is 3. The summed E-state index contributed by atoms with van der Waals surface area (Å²) in [5.74, 6) is 0.646. The lowest BCUT2D eigenvalue weighted by Crippen LogP contribution is -2.72. The van der Waals surface area contributed by atoms with E-state index in [-0.39, 0.29) is 16.9 Å². The van der Waals surface area contributed by atoms with Gasteiger partial charge in [-0.05, 0) is 38.0 Å². The number of methoxy groups -OCH3 is 1. The Morgan fingerprint density at radius 3 is 2.33 bits per heavy atom. The summed E-state index contributed by atoms with van der Waals surface area (Å²) in [4.78, 5) is 18.2. The molecule has 1 heterocycles. The Balaban J connectivity index is 1.88. The van der Waals surface area contributed by atoms with Gasteiger partial charge in [0.2, 0.25) is 0 Å².